The molecule has 1 N–H and O–H groups in total. The van der Waals surface area contributed by atoms with Crippen molar-refractivity contribution in [3.63, 3.8) is 0 Å². The summed E-state index contributed by atoms with van der Waals surface area (Å²) in [6, 6.07) is 6.70. The quantitative estimate of drug-likeness (QED) is 0.821. The van der Waals surface area contributed by atoms with Gasteiger partial charge in [-0.1, -0.05) is 23.9 Å². The van der Waals surface area contributed by atoms with Crippen LogP contribution in [-0.4, -0.2) is 40.5 Å². The standard InChI is InChI=1S/C15H17F2N3O2S/c16-14(17)20-12-6-2-1-5-11(12)19-15(20)23-9-13(21)18-8-10-4-3-7-22-10/h1-2,5-6,10,14H,3-4,7-9H2,(H,18,21). The summed E-state index contributed by atoms with van der Waals surface area (Å²) in [4.78, 5) is 16.0. The van der Waals surface area contributed by atoms with Crippen molar-refractivity contribution in [1.29, 1.82) is 0 Å². The molecule has 124 valence electrons. The molecule has 1 unspecified atom stereocenters. The lowest BCUT2D eigenvalue weighted by Gasteiger charge is -2.11. The number of benzene rings is 1. The maximum atomic E-state index is 13.3. The number of para-hydroxylation sites is 2. The molecule has 1 atom stereocenters. The Hall–Kier alpha value is -1.67. The number of hydrogen-bond donors (Lipinski definition) is 1. The third-order valence-electron chi connectivity index (χ3n) is 3.64. The van der Waals surface area contributed by atoms with E-state index < -0.39 is 6.55 Å². The summed E-state index contributed by atoms with van der Waals surface area (Å²) in [7, 11) is 0. The smallest absolute Gasteiger partial charge is 0.321 e. The van der Waals surface area contributed by atoms with Crippen LogP contribution in [0.4, 0.5) is 8.78 Å². The van der Waals surface area contributed by atoms with Crippen LogP contribution < -0.4 is 5.32 Å². The summed E-state index contributed by atoms with van der Waals surface area (Å²) in [6.07, 6.45) is 2.01. The predicted molar refractivity (Wildman–Crippen MR) is 83.7 cm³/mol. The second kappa shape index (κ2) is 7.27. The van der Waals surface area contributed by atoms with Crippen molar-refractivity contribution >= 4 is 28.7 Å². The molecule has 0 saturated carbocycles. The van der Waals surface area contributed by atoms with E-state index in [0.717, 1.165) is 35.8 Å². The lowest BCUT2D eigenvalue weighted by Crippen LogP contribution is -2.32. The van der Waals surface area contributed by atoms with Crippen LogP contribution in [-0.2, 0) is 9.53 Å². The van der Waals surface area contributed by atoms with Gasteiger partial charge in [-0.15, -0.1) is 0 Å². The first kappa shape index (κ1) is 16.2. The fraction of sp³-hybridized carbons (Fsp3) is 0.467. The van der Waals surface area contributed by atoms with Crippen molar-refractivity contribution in [2.45, 2.75) is 30.7 Å². The van der Waals surface area contributed by atoms with Crippen LogP contribution in [0.15, 0.2) is 29.4 Å². The summed E-state index contributed by atoms with van der Waals surface area (Å²) in [5, 5.41) is 2.91. The zero-order valence-corrected chi connectivity index (χ0v) is 13.2. The molecule has 1 aliphatic rings. The summed E-state index contributed by atoms with van der Waals surface area (Å²) >= 11 is 1.01. The van der Waals surface area contributed by atoms with Crippen LogP contribution in [0.2, 0.25) is 0 Å². The van der Waals surface area contributed by atoms with Crippen molar-refractivity contribution < 1.29 is 18.3 Å². The number of fused-ring (bicyclic) bond motifs is 1. The highest BCUT2D eigenvalue weighted by Crippen LogP contribution is 2.28. The fourth-order valence-electron chi connectivity index (χ4n) is 2.53. The largest absolute Gasteiger partial charge is 0.376 e. The highest BCUT2D eigenvalue weighted by atomic mass is 32.2. The highest BCUT2D eigenvalue weighted by molar-refractivity contribution is 7.99. The molecule has 1 aromatic carbocycles. The molecule has 0 aliphatic carbocycles. The maximum absolute atomic E-state index is 13.3. The van der Waals surface area contributed by atoms with Gasteiger partial charge in [0.2, 0.25) is 5.91 Å². The number of imidazole rings is 1. The average molecular weight is 341 g/mol. The zero-order valence-electron chi connectivity index (χ0n) is 12.4. The van der Waals surface area contributed by atoms with Gasteiger partial charge in [0, 0.05) is 13.2 Å². The number of ether oxygens (including phenoxy) is 1. The number of nitrogens with zero attached hydrogens (tertiary/aromatic N) is 2. The molecule has 1 aromatic heterocycles. The van der Waals surface area contributed by atoms with Gasteiger partial charge in [-0.25, -0.2) is 4.98 Å². The van der Waals surface area contributed by atoms with Crippen LogP contribution >= 0.6 is 11.8 Å². The molecule has 8 heteroatoms. The SMILES string of the molecule is O=C(CSc1nc2ccccc2n1C(F)F)NCC1CCCO1. The van der Waals surface area contributed by atoms with Crippen LogP contribution in [0.25, 0.3) is 11.0 Å². The minimum atomic E-state index is -2.69. The van der Waals surface area contributed by atoms with E-state index in [1.165, 1.54) is 0 Å². The lowest BCUT2D eigenvalue weighted by molar-refractivity contribution is -0.119. The molecular weight excluding hydrogens is 324 g/mol. The summed E-state index contributed by atoms with van der Waals surface area (Å²) in [6.45, 7) is -1.50. The third-order valence-corrected chi connectivity index (χ3v) is 4.59. The monoisotopic (exact) mass is 341 g/mol. The molecule has 3 rings (SSSR count). The molecular formula is C15H17F2N3O2S. The Morgan fingerprint density at radius 3 is 3.04 bits per heavy atom. The van der Waals surface area contributed by atoms with Crippen LogP contribution in [0.1, 0.15) is 19.4 Å². The Balaban J connectivity index is 1.62. The first-order valence-corrected chi connectivity index (χ1v) is 8.40. The number of aromatic nitrogens is 2. The van der Waals surface area contributed by atoms with E-state index in [9.17, 15) is 13.6 Å². The van der Waals surface area contributed by atoms with E-state index >= 15 is 0 Å². The van der Waals surface area contributed by atoms with Gasteiger partial charge in [-0.2, -0.15) is 8.78 Å². The van der Waals surface area contributed by atoms with Crippen molar-refractivity contribution in [1.82, 2.24) is 14.9 Å². The minimum Gasteiger partial charge on any atom is -0.376 e. The van der Waals surface area contributed by atoms with Gasteiger partial charge in [0.05, 0.1) is 22.9 Å². The maximum Gasteiger partial charge on any atom is 0.321 e. The molecule has 1 aliphatic heterocycles. The van der Waals surface area contributed by atoms with Crippen LogP contribution in [0.3, 0.4) is 0 Å². The average Bonchev–Trinajstić information content (AvgIpc) is 3.17. The molecule has 2 aromatic rings. The van der Waals surface area contributed by atoms with Gasteiger partial charge in [0.15, 0.2) is 5.16 Å². The fourth-order valence-corrected chi connectivity index (χ4v) is 3.37. The number of alkyl halides is 2. The molecule has 2 heterocycles. The van der Waals surface area contributed by atoms with Gasteiger partial charge in [-0.3, -0.25) is 9.36 Å². The minimum absolute atomic E-state index is 0.0444. The molecule has 23 heavy (non-hydrogen) atoms. The number of hydrogen-bond acceptors (Lipinski definition) is 4. The predicted octanol–water partition coefficient (Wildman–Crippen LogP) is 2.82. The van der Waals surface area contributed by atoms with Crippen LogP contribution in [0, 0.1) is 0 Å². The Bertz CT molecular complexity index is 686. The Morgan fingerprint density at radius 2 is 2.30 bits per heavy atom. The van der Waals surface area contributed by atoms with E-state index in [-0.39, 0.29) is 22.9 Å². The topological polar surface area (TPSA) is 56.2 Å². The Morgan fingerprint density at radius 1 is 1.48 bits per heavy atom. The molecule has 1 saturated heterocycles. The first-order valence-electron chi connectivity index (χ1n) is 7.41. The van der Waals surface area contributed by atoms with Crippen molar-refractivity contribution in [2.24, 2.45) is 0 Å². The summed E-state index contributed by atoms with van der Waals surface area (Å²) in [5.74, 6) is -0.165. The lowest BCUT2D eigenvalue weighted by atomic mass is 10.2. The summed E-state index contributed by atoms with van der Waals surface area (Å²) < 4.78 is 32.8. The molecule has 1 fully saturated rings. The van der Waals surface area contributed by atoms with Gasteiger partial charge >= 0.3 is 6.55 Å². The zero-order chi connectivity index (χ0) is 16.2. The molecule has 0 bridgehead atoms. The Kier molecular flexibility index (Phi) is 5.12. The highest BCUT2D eigenvalue weighted by Gasteiger charge is 2.20. The molecule has 5 nitrogen and oxygen atoms in total. The van der Waals surface area contributed by atoms with Crippen molar-refractivity contribution in [3.05, 3.63) is 24.3 Å². The summed E-state index contributed by atoms with van der Waals surface area (Å²) in [5.41, 5.74) is 0.861. The van der Waals surface area contributed by atoms with E-state index in [2.05, 4.69) is 10.3 Å². The number of nitrogens with one attached hydrogen (secondary N) is 1. The van der Waals surface area contributed by atoms with E-state index in [0.29, 0.717) is 17.6 Å². The van der Waals surface area contributed by atoms with Gasteiger partial charge < -0.3 is 10.1 Å². The molecule has 1 amide bonds. The molecule has 0 radical (unpaired) electrons. The number of carbonyl (C=O) groups is 1. The van der Waals surface area contributed by atoms with Gasteiger partial charge in [0.1, 0.15) is 0 Å². The van der Waals surface area contributed by atoms with Crippen LogP contribution in [0.5, 0.6) is 0 Å². The van der Waals surface area contributed by atoms with Crippen molar-refractivity contribution in [3.8, 4) is 0 Å². The number of thioether (sulfide) groups is 1. The number of rotatable bonds is 6. The van der Waals surface area contributed by atoms with Gasteiger partial charge in [-0.05, 0) is 25.0 Å². The number of amides is 1. The first-order chi connectivity index (χ1) is 11.1. The Labute approximate surface area is 136 Å². The van der Waals surface area contributed by atoms with Gasteiger partial charge in [0.25, 0.3) is 0 Å². The molecule has 0 spiro atoms. The second-order valence-corrected chi connectivity index (χ2v) is 6.20. The second-order valence-electron chi connectivity index (χ2n) is 5.26. The van der Waals surface area contributed by atoms with E-state index in [4.69, 9.17) is 4.74 Å². The van der Waals surface area contributed by atoms with E-state index in [1.807, 2.05) is 0 Å². The normalized spacial score (nSPS) is 18.0. The third kappa shape index (κ3) is 3.81. The number of halogens is 2. The van der Waals surface area contributed by atoms with Crippen molar-refractivity contribution in [2.75, 3.05) is 18.9 Å². The number of carbonyl (C=O) groups excluding carboxylic acids is 1. The van der Waals surface area contributed by atoms with E-state index in [1.54, 1.807) is 24.3 Å².